The van der Waals surface area contributed by atoms with Crippen molar-refractivity contribution in [1.82, 2.24) is 9.80 Å². The van der Waals surface area contributed by atoms with E-state index in [-0.39, 0.29) is 5.91 Å². The summed E-state index contributed by atoms with van der Waals surface area (Å²) in [6, 6.07) is 11.0. The number of rotatable bonds is 3. The summed E-state index contributed by atoms with van der Waals surface area (Å²) in [4.78, 5) is 29.1. The first kappa shape index (κ1) is 16.5. The van der Waals surface area contributed by atoms with Crippen LogP contribution in [0.3, 0.4) is 0 Å². The fourth-order valence-electron chi connectivity index (χ4n) is 2.68. The molecule has 1 fully saturated rings. The Morgan fingerprint density at radius 3 is 2.42 bits per heavy atom. The van der Waals surface area contributed by atoms with Gasteiger partial charge in [0.15, 0.2) is 0 Å². The number of carbonyl (C=O) groups excluding carboxylic acids is 2. The highest BCUT2D eigenvalue weighted by Crippen LogP contribution is 2.36. The summed E-state index contributed by atoms with van der Waals surface area (Å²) in [6.07, 6.45) is 0. The van der Waals surface area contributed by atoms with Gasteiger partial charge in [-0.2, -0.15) is 0 Å². The van der Waals surface area contributed by atoms with Crippen molar-refractivity contribution in [2.24, 2.45) is 5.73 Å². The lowest BCUT2D eigenvalue weighted by molar-refractivity contribution is 0.0665. The molecule has 3 N–H and O–H groups in total. The maximum absolute atomic E-state index is 12.9. The molecule has 1 aliphatic rings. The molecule has 0 aliphatic carbocycles. The smallest absolute Gasteiger partial charge is 0.317 e. The first-order chi connectivity index (χ1) is 11.5. The number of piperazine rings is 1. The van der Waals surface area contributed by atoms with Gasteiger partial charge in [-0.05, 0) is 18.7 Å². The van der Waals surface area contributed by atoms with E-state index in [9.17, 15) is 9.59 Å². The number of primary amides is 1. The summed E-state index contributed by atoms with van der Waals surface area (Å²) in [7, 11) is 2.04. The predicted octanol–water partition coefficient (Wildman–Crippen LogP) is 2.29. The highest BCUT2D eigenvalue weighted by atomic mass is 32.1. The van der Waals surface area contributed by atoms with E-state index in [2.05, 4.69) is 10.2 Å². The number of hydrogen-bond acceptors (Lipinski definition) is 4. The minimum atomic E-state index is -0.663. The Labute approximate surface area is 144 Å². The van der Waals surface area contributed by atoms with Gasteiger partial charge in [0.2, 0.25) is 0 Å². The normalized spacial score (nSPS) is 15.3. The van der Waals surface area contributed by atoms with Crippen molar-refractivity contribution in [2.75, 3.05) is 38.5 Å². The zero-order valence-corrected chi connectivity index (χ0v) is 14.3. The number of nitrogens with zero attached hydrogens (tertiary/aromatic N) is 2. The minimum absolute atomic E-state index is 0.0646. The van der Waals surface area contributed by atoms with Crippen LogP contribution in [0.5, 0.6) is 0 Å². The quantitative estimate of drug-likeness (QED) is 0.897. The molecule has 0 radical (unpaired) electrons. The number of likely N-dealkylation sites (N-methyl/N-ethyl adjacent to an activating group) is 1. The third-order valence-corrected chi connectivity index (χ3v) is 5.15. The van der Waals surface area contributed by atoms with Gasteiger partial charge in [0, 0.05) is 31.1 Å². The number of thiophene rings is 1. The van der Waals surface area contributed by atoms with Crippen molar-refractivity contribution in [3.05, 3.63) is 42.0 Å². The molecule has 0 spiro atoms. The van der Waals surface area contributed by atoms with Gasteiger partial charge in [0.05, 0.1) is 5.56 Å². The van der Waals surface area contributed by atoms with Crippen LogP contribution in [-0.2, 0) is 0 Å². The number of nitrogens with two attached hydrogens (primary N) is 1. The molecule has 1 aliphatic heterocycles. The molecule has 1 aromatic heterocycles. The van der Waals surface area contributed by atoms with Gasteiger partial charge < -0.3 is 15.5 Å². The van der Waals surface area contributed by atoms with Crippen molar-refractivity contribution in [3.63, 3.8) is 0 Å². The van der Waals surface area contributed by atoms with Crippen LogP contribution in [0, 0.1) is 0 Å². The fraction of sp³-hybridized carbons (Fsp3) is 0.294. The fourth-order valence-corrected chi connectivity index (χ4v) is 3.74. The number of benzene rings is 1. The SMILES string of the molecule is CN1CCN(C(=O)c2cc(-c3ccccc3)sc2NC(N)=O)CC1. The van der Waals surface area contributed by atoms with Crippen LogP contribution in [0.1, 0.15) is 10.4 Å². The number of carbonyl (C=O) groups is 2. The first-order valence-electron chi connectivity index (χ1n) is 7.78. The van der Waals surface area contributed by atoms with E-state index in [1.54, 1.807) is 0 Å². The van der Waals surface area contributed by atoms with Crippen LogP contribution < -0.4 is 11.1 Å². The van der Waals surface area contributed by atoms with Crippen LogP contribution in [0.15, 0.2) is 36.4 Å². The minimum Gasteiger partial charge on any atom is -0.351 e. The highest BCUT2D eigenvalue weighted by molar-refractivity contribution is 7.20. The summed E-state index contributed by atoms with van der Waals surface area (Å²) < 4.78 is 0. The zero-order valence-electron chi connectivity index (χ0n) is 13.5. The van der Waals surface area contributed by atoms with Crippen LogP contribution in [0.4, 0.5) is 9.80 Å². The summed E-state index contributed by atoms with van der Waals surface area (Å²) in [5.41, 5.74) is 6.77. The molecule has 24 heavy (non-hydrogen) atoms. The second kappa shape index (κ2) is 7.02. The van der Waals surface area contributed by atoms with Crippen LogP contribution in [0.25, 0.3) is 10.4 Å². The Morgan fingerprint density at radius 1 is 1.12 bits per heavy atom. The van der Waals surface area contributed by atoms with Gasteiger partial charge in [-0.1, -0.05) is 30.3 Å². The van der Waals surface area contributed by atoms with E-state index < -0.39 is 6.03 Å². The molecular formula is C17H20N4O2S. The van der Waals surface area contributed by atoms with Gasteiger partial charge in [0.1, 0.15) is 5.00 Å². The van der Waals surface area contributed by atoms with Gasteiger partial charge in [-0.15, -0.1) is 11.3 Å². The monoisotopic (exact) mass is 344 g/mol. The zero-order chi connectivity index (χ0) is 17.1. The van der Waals surface area contributed by atoms with Crippen LogP contribution in [-0.4, -0.2) is 55.0 Å². The number of hydrogen-bond donors (Lipinski definition) is 2. The maximum Gasteiger partial charge on any atom is 0.317 e. The third kappa shape index (κ3) is 3.58. The maximum atomic E-state index is 12.9. The summed E-state index contributed by atoms with van der Waals surface area (Å²) >= 11 is 1.36. The highest BCUT2D eigenvalue weighted by Gasteiger charge is 2.25. The standard InChI is InChI=1S/C17H20N4O2S/c1-20-7-9-21(10-8-20)16(22)13-11-14(12-5-3-2-4-6-12)24-15(13)19-17(18)23/h2-6,11H,7-10H2,1H3,(H3,18,19,23). The molecule has 1 saturated heterocycles. The number of anilines is 1. The summed E-state index contributed by atoms with van der Waals surface area (Å²) in [5, 5.41) is 3.10. The molecule has 3 rings (SSSR count). The number of amides is 3. The molecule has 126 valence electrons. The van der Waals surface area contributed by atoms with Crippen molar-refractivity contribution in [1.29, 1.82) is 0 Å². The first-order valence-corrected chi connectivity index (χ1v) is 8.60. The lowest BCUT2D eigenvalue weighted by Gasteiger charge is -2.32. The topological polar surface area (TPSA) is 78.7 Å². The van der Waals surface area contributed by atoms with E-state index in [4.69, 9.17) is 5.73 Å². The molecule has 3 amide bonds. The molecule has 2 heterocycles. The molecule has 0 atom stereocenters. The van der Waals surface area contributed by atoms with Crippen LogP contribution in [0.2, 0.25) is 0 Å². The largest absolute Gasteiger partial charge is 0.351 e. The van der Waals surface area contributed by atoms with Gasteiger partial charge in [-0.3, -0.25) is 10.1 Å². The lowest BCUT2D eigenvalue weighted by atomic mass is 10.1. The van der Waals surface area contributed by atoms with E-state index in [1.165, 1.54) is 11.3 Å². The predicted molar refractivity (Wildman–Crippen MR) is 96.4 cm³/mol. The Bertz CT molecular complexity index is 736. The summed E-state index contributed by atoms with van der Waals surface area (Å²) in [6.45, 7) is 3.06. The molecule has 7 heteroatoms. The van der Waals surface area contributed by atoms with E-state index in [1.807, 2.05) is 48.3 Å². The van der Waals surface area contributed by atoms with Gasteiger partial charge in [0.25, 0.3) is 5.91 Å². The average molecular weight is 344 g/mol. The molecule has 6 nitrogen and oxygen atoms in total. The Balaban J connectivity index is 1.91. The average Bonchev–Trinajstić information content (AvgIpc) is 2.99. The number of urea groups is 1. The Kier molecular flexibility index (Phi) is 4.82. The number of nitrogens with one attached hydrogen (secondary N) is 1. The van der Waals surface area contributed by atoms with Gasteiger partial charge >= 0.3 is 6.03 Å². The Hall–Kier alpha value is -2.38. The van der Waals surface area contributed by atoms with Crippen molar-refractivity contribution in [2.45, 2.75) is 0 Å². The molecule has 0 unspecified atom stereocenters. The van der Waals surface area contributed by atoms with Crippen molar-refractivity contribution < 1.29 is 9.59 Å². The van der Waals surface area contributed by atoms with E-state index >= 15 is 0 Å². The second-order valence-corrected chi connectivity index (χ2v) is 6.86. The third-order valence-electron chi connectivity index (χ3n) is 4.05. The van der Waals surface area contributed by atoms with E-state index in [0.29, 0.717) is 23.7 Å². The van der Waals surface area contributed by atoms with Crippen molar-refractivity contribution in [3.8, 4) is 10.4 Å². The summed E-state index contributed by atoms with van der Waals surface area (Å²) in [5.74, 6) is -0.0646. The molecule has 1 aromatic carbocycles. The van der Waals surface area contributed by atoms with E-state index in [0.717, 1.165) is 23.5 Å². The molecule has 0 saturated carbocycles. The second-order valence-electron chi connectivity index (χ2n) is 5.80. The Morgan fingerprint density at radius 2 is 1.79 bits per heavy atom. The van der Waals surface area contributed by atoms with Gasteiger partial charge in [-0.25, -0.2) is 4.79 Å². The molecular weight excluding hydrogens is 324 g/mol. The van der Waals surface area contributed by atoms with Crippen molar-refractivity contribution >= 4 is 28.3 Å². The van der Waals surface area contributed by atoms with Crippen LogP contribution >= 0.6 is 11.3 Å². The molecule has 2 aromatic rings. The molecule has 0 bridgehead atoms. The lowest BCUT2D eigenvalue weighted by Crippen LogP contribution is -2.47.